The summed E-state index contributed by atoms with van der Waals surface area (Å²) in [6.45, 7) is 3.74. The second kappa shape index (κ2) is 14.8. The zero-order chi connectivity index (χ0) is 20.7. The standard InChI is InChI=1S/C18H25N3O4.C2H6/c1-3-4-5-6-7-8-9-14(18(19)20-13-23)11-21(2)17-10-15(24)16(12-22)25-17;1-2/h1,11,13,15-17,22,24H,4-7,10,12H2,2H3,(H2,19,20,23);1-2H3/b14-11-;/t15-,16?,17?;/m1./s1. The maximum Gasteiger partial charge on any atom is 0.234 e. The minimum atomic E-state index is -0.738. The Hall–Kier alpha value is -2.32. The molecule has 0 aromatic rings. The van der Waals surface area contributed by atoms with Gasteiger partial charge >= 0.3 is 0 Å². The van der Waals surface area contributed by atoms with Crippen LogP contribution in [0.4, 0.5) is 0 Å². The second-order valence-corrected chi connectivity index (χ2v) is 5.66. The van der Waals surface area contributed by atoms with Crippen molar-refractivity contribution in [1.29, 1.82) is 0 Å². The largest absolute Gasteiger partial charge is 0.394 e. The first-order chi connectivity index (χ1) is 13.0. The van der Waals surface area contributed by atoms with Gasteiger partial charge in [-0.25, -0.2) is 0 Å². The lowest BCUT2D eigenvalue weighted by Gasteiger charge is -2.22. The van der Waals surface area contributed by atoms with Crippen LogP contribution in [-0.2, 0) is 9.53 Å². The van der Waals surface area contributed by atoms with Crippen LogP contribution in [-0.4, -0.2) is 59.4 Å². The molecule has 150 valence electrons. The number of aliphatic hydroxyl groups excluding tert-OH is 2. The fourth-order valence-corrected chi connectivity index (χ4v) is 2.31. The molecule has 2 unspecified atom stereocenters. The lowest BCUT2D eigenvalue weighted by molar-refractivity contribution is -0.106. The summed E-state index contributed by atoms with van der Waals surface area (Å²) in [5, 5.41) is 19.0. The first-order valence-electron chi connectivity index (χ1n) is 9.11. The van der Waals surface area contributed by atoms with Crippen molar-refractivity contribution < 1.29 is 19.7 Å². The quantitative estimate of drug-likeness (QED) is 0.192. The van der Waals surface area contributed by atoms with E-state index in [1.54, 1.807) is 18.1 Å². The van der Waals surface area contributed by atoms with Crippen molar-refractivity contribution in [2.45, 2.75) is 64.4 Å². The van der Waals surface area contributed by atoms with Gasteiger partial charge < -0.3 is 25.6 Å². The van der Waals surface area contributed by atoms with Crippen molar-refractivity contribution in [2.24, 2.45) is 10.7 Å². The highest BCUT2D eigenvalue weighted by atomic mass is 16.5. The van der Waals surface area contributed by atoms with Crippen LogP contribution in [0.2, 0.25) is 0 Å². The number of aliphatic imine (C=N–C) groups is 1. The molecule has 1 aliphatic heterocycles. The number of hydrogen-bond donors (Lipinski definition) is 3. The van der Waals surface area contributed by atoms with Crippen LogP contribution in [0.1, 0.15) is 46.0 Å². The van der Waals surface area contributed by atoms with Gasteiger partial charge in [-0.1, -0.05) is 25.7 Å². The van der Waals surface area contributed by atoms with Crippen molar-refractivity contribution in [2.75, 3.05) is 13.7 Å². The van der Waals surface area contributed by atoms with Crippen LogP contribution < -0.4 is 5.73 Å². The van der Waals surface area contributed by atoms with Crippen LogP contribution in [0.15, 0.2) is 16.8 Å². The molecule has 7 heteroatoms. The first kappa shape index (κ1) is 24.7. The van der Waals surface area contributed by atoms with Crippen LogP contribution in [0.5, 0.6) is 0 Å². The molecule has 7 nitrogen and oxygen atoms in total. The van der Waals surface area contributed by atoms with Gasteiger partial charge in [0, 0.05) is 32.5 Å². The van der Waals surface area contributed by atoms with Gasteiger partial charge in [-0.05, 0) is 12.8 Å². The summed E-state index contributed by atoms with van der Waals surface area (Å²) in [6, 6.07) is 0. The summed E-state index contributed by atoms with van der Waals surface area (Å²) < 4.78 is 5.56. The summed E-state index contributed by atoms with van der Waals surface area (Å²) in [5.41, 5.74) is 6.17. The molecule has 1 aliphatic rings. The fraction of sp³-hybridized carbons (Fsp3) is 0.600. The number of unbranched alkanes of at least 4 members (excludes halogenated alkanes) is 3. The van der Waals surface area contributed by atoms with E-state index in [4.69, 9.17) is 22.0 Å². The molecule has 1 heterocycles. The van der Waals surface area contributed by atoms with Crippen molar-refractivity contribution in [3.05, 3.63) is 11.8 Å². The summed E-state index contributed by atoms with van der Waals surface area (Å²) in [4.78, 5) is 15.8. The SMILES string of the molecule is C#CCCCCC#C/C(=C/N(C)C1C[C@@H](O)C(CO)O1)C(N)=NC=O.CC. The Morgan fingerprint density at radius 1 is 1.41 bits per heavy atom. The highest BCUT2D eigenvalue weighted by Crippen LogP contribution is 2.22. The molecule has 1 rings (SSSR count). The number of rotatable bonds is 8. The first-order valence-corrected chi connectivity index (χ1v) is 9.11. The van der Waals surface area contributed by atoms with Crippen molar-refractivity contribution >= 4 is 12.2 Å². The van der Waals surface area contributed by atoms with Gasteiger partial charge in [-0.2, -0.15) is 4.99 Å². The third kappa shape index (κ3) is 9.25. The summed E-state index contributed by atoms with van der Waals surface area (Å²) in [5.74, 6) is 8.48. The van der Waals surface area contributed by atoms with Gasteiger partial charge in [-0.15, -0.1) is 12.3 Å². The smallest absolute Gasteiger partial charge is 0.234 e. The summed E-state index contributed by atoms with van der Waals surface area (Å²) in [7, 11) is 1.74. The number of carbonyl (C=O) groups excluding carboxylic acids is 1. The molecular formula is C20H31N3O4. The fourth-order valence-electron chi connectivity index (χ4n) is 2.31. The number of amidine groups is 1. The van der Waals surface area contributed by atoms with Gasteiger partial charge in [0.05, 0.1) is 18.3 Å². The number of carbonyl (C=O) groups is 1. The minimum absolute atomic E-state index is 0.00947. The van der Waals surface area contributed by atoms with Crippen LogP contribution >= 0.6 is 0 Å². The van der Waals surface area contributed by atoms with Gasteiger partial charge in [0.1, 0.15) is 18.2 Å². The topological polar surface area (TPSA) is 108 Å². The third-order valence-corrected chi connectivity index (χ3v) is 3.73. The Balaban J connectivity index is 0.00000326. The monoisotopic (exact) mass is 377 g/mol. The zero-order valence-electron chi connectivity index (χ0n) is 16.4. The second-order valence-electron chi connectivity index (χ2n) is 5.66. The van der Waals surface area contributed by atoms with E-state index in [1.165, 1.54) is 0 Å². The number of hydrogen-bond acceptors (Lipinski definition) is 5. The lowest BCUT2D eigenvalue weighted by Crippen LogP contribution is -2.29. The molecule has 0 spiro atoms. The maximum absolute atomic E-state index is 10.6. The Kier molecular flexibility index (Phi) is 13.5. The van der Waals surface area contributed by atoms with Gasteiger partial charge in [0.2, 0.25) is 6.41 Å². The van der Waals surface area contributed by atoms with E-state index in [0.717, 1.165) is 19.3 Å². The predicted molar refractivity (Wildman–Crippen MR) is 106 cm³/mol. The van der Waals surface area contributed by atoms with Crippen LogP contribution in [0, 0.1) is 24.2 Å². The average Bonchev–Trinajstić information content (AvgIpc) is 3.06. The molecule has 0 radical (unpaired) electrons. The molecule has 0 saturated carbocycles. The van der Waals surface area contributed by atoms with E-state index in [1.807, 2.05) is 13.8 Å². The number of aliphatic hydroxyl groups is 2. The molecule has 27 heavy (non-hydrogen) atoms. The lowest BCUT2D eigenvalue weighted by atomic mass is 10.1. The maximum atomic E-state index is 10.6. The van der Waals surface area contributed by atoms with Gasteiger partial charge in [-0.3, -0.25) is 4.79 Å². The number of nitrogens with zero attached hydrogens (tertiary/aromatic N) is 2. The van der Waals surface area contributed by atoms with E-state index in [2.05, 4.69) is 22.8 Å². The normalized spacial score (nSPS) is 22.0. The molecule has 0 aromatic heterocycles. The van der Waals surface area contributed by atoms with E-state index in [9.17, 15) is 9.90 Å². The molecule has 1 fully saturated rings. The van der Waals surface area contributed by atoms with E-state index in [0.29, 0.717) is 24.8 Å². The predicted octanol–water partition coefficient (Wildman–Crippen LogP) is 1.01. The minimum Gasteiger partial charge on any atom is -0.394 e. The van der Waals surface area contributed by atoms with E-state index in [-0.39, 0.29) is 12.4 Å². The Morgan fingerprint density at radius 2 is 2.07 bits per heavy atom. The Morgan fingerprint density at radius 3 is 2.63 bits per heavy atom. The van der Waals surface area contributed by atoms with Crippen LogP contribution in [0.25, 0.3) is 0 Å². The Labute approximate surface area is 162 Å². The molecule has 1 saturated heterocycles. The molecule has 3 atom stereocenters. The van der Waals surface area contributed by atoms with Crippen molar-refractivity contribution in [3.63, 3.8) is 0 Å². The van der Waals surface area contributed by atoms with Gasteiger partial charge in [0.15, 0.2) is 0 Å². The summed E-state index contributed by atoms with van der Waals surface area (Å²) >= 11 is 0. The molecule has 1 amide bonds. The van der Waals surface area contributed by atoms with E-state index < -0.39 is 18.4 Å². The molecular weight excluding hydrogens is 346 g/mol. The average molecular weight is 377 g/mol. The molecule has 0 aliphatic carbocycles. The Bertz CT molecular complexity index is 599. The molecule has 0 aromatic carbocycles. The highest BCUT2D eigenvalue weighted by Gasteiger charge is 2.35. The number of ether oxygens (including phenoxy) is 1. The zero-order valence-corrected chi connectivity index (χ0v) is 16.4. The molecule has 0 bridgehead atoms. The van der Waals surface area contributed by atoms with Crippen molar-refractivity contribution in [1.82, 2.24) is 4.90 Å². The number of nitrogens with two attached hydrogens (primary N) is 1. The third-order valence-electron chi connectivity index (χ3n) is 3.73. The van der Waals surface area contributed by atoms with Crippen LogP contribution in [0.3, 0.4) is 0 Å². The number of terminal acetylenes is 1. The highest BCUT2D eigenvalue weighted by molar-refractivity contribution is 6.03. The van der Waals surface area contributed by atoms with E-state index >= 15 is 0 Å². The number of amides is 1. The summed E-state index contributed by atoms with van der Waals surface area (Å²) in [6.07, 6.45) is 8.88. The van der Waals surface area contributed by atoms with Gasteiger partial charge in [0.25, 0.3) is 0 Å². The molecule has 4 N–H and O–H groups in total. The van der Waals surface area contributed by atoms with Crippen molar-refractivity contribution in [3.8, 4) is 24.2 Å².